The summed E-state index contributed by atoms with van der Waals surface area (Å²) in [5.74, 6) is 0. The van der Waals surface area contributed by atoms with Crippen LogP contribution < -0.4 is 0 Å². The molecule has 0 radical (unpaired) electrons. The van der Waals surface area contributed by atoms with Gasteiger partial charge in [0, 0.05) is 0 Å². The molecule has 6 nitrogen and oxygen atoms in total. The van der Waals surface area contributed by atoms with E-state index in [4.69, 9.17) is 0 Å². The van der Waals surface area contributed by atoms with Crippen molar-refractivity contribution in [2.45, 2.75) is 0 Å². The molecule has 0 unspecified atom stereocenters. The van der Waals surface area contributed by atoms with Gasteiger partial charge in [-0.1, -0.05) is 0 Å². The van der Waals surface area contributed by atoms with E-state index in [0.717, 1.165) is 0 Å². The minimum Gasteiger partial charge on any atom is -0.870 e. The van der Waals surface area contributed by atoms with Crippen molar-refractivity contribution in [2.75, 3.05) is 0 Å². The van der Waals surface area contributed by atoms with Crippen LogP contribution in [0.15, 0.2) is 0 Å². The minimum absolute atomic E-state index is 0. The van der Waals surface area contributed by atoms with Crippen molar-refractivity contribution >= 4 is 23.1 Å². The van der Waals surface area contributed by atoms with E-state index in [1.807, 2.05) is 0 Å². The summed E-state index contributed by atoms with van der Waals surface area (Å²) < 4.78 is 0. The van der Waals surface area contributed by atoms with Crippen LogP contribution in [0.2, 0.25) is 0 Å². The number of hydrogen-bond acceptors (Lipinski definition) is 6. The molecule has 0 aromatic heterocycles. The van der Waals surface area contributed by atoms with Crippen LogP contribution in [-0.4, -0.2) is 55.9 Å². The molecule has 0 aliphatic rings. The van der Waals surface area contributed by atoms with E-state index in [-0.39, 0.29) is 55.9 Å². The minimum atomic E-state index is 0. The maximum Gasteiger partial charge on any atom is 2.00 e. The van der Waals surface area contributed by atoms with Crippen LogP contribution in [0.4, 0.5) is 0 Å². The molecule has 0 bridgehead atoms. The maximum atomic E-state index is 0. The van der Waals surface area contributed by atoms with Crippen LogP contribution in [0.5, 0.6) is 0 Å². The van der Waals surface area contributed by atoms with Gasteiger partial charge in [0.25, 0.3) is 0 Å². The van der Waals surface area contributed by atoms with E-state index in [9.17, 15) is 0 Å². The predicted molar refractivity (Wildman–Crippen MR) is 17.4 cm³/mol. The first-order valence-electron chi connectivity index (χ1n) is 0. The molecule has 7 heteroatoms. The van der Waals surface area contributed by atoms with Gasteiger partial charge in [-0.15, -0.1) is 0 Å². The summed E-state index contributed by atoms with van der Waals surface area (Å²) >= 11 is 0. The summed E-state index contributed by atoms with van der Waals surface area (Å²) in [6.45, 7) is 0. The molecule has 0 fully saturated rings. The Balaban J connectivity index is 0. The Morgan fingerprint density at radius 3 is 0.286 bits per heavy atom. The quantitative estimate of drug-likeness (QED) is 0.358. The van der Waals surface area contributed by atoms with Crippen molar-refractivity contribution in [1.82, 2.24) is 0 Å². The Morgan fingerprint density at radius 2 is 0.286 bits per heavy atom. The fourth-order valence-corrected chi connectivity index (χ4v) is 0. The average Bonchev–Trinajstić information content (AvgIpc) is 0. The smallest absolute Gasteiger partial charge is 0.870 e. The van der Waals surface area contributed by atoms with E-state index >= 15 is 0 Å². The molecule has 0 amide bonds. The third-order valence-electron chi connectivity index (χ3n) is 0. The van der Waals surface area contributed by atoms with Gasteiger partial charge in [-0.25, -0.2) is 0 Å². The second-order valence-electron chi connectivity index (χ2n) is 0. The van der Waals surface area contributed by atoms with Gasteiger partial charge in [-0.2, -0.15) is 0 Å². The van der Waals surface area contributed by atoms with Gasteiger partial charge >= 0.3 is 23.1 Å². The van der Waals surface area contributed by atoms with Gasteiger partial charge in [0.2, 0.25) is 0 Å². The molecule has 0 aliphatic carbocycles. The Hall–Kier alpha value is 0.526. The molecule has 0 saturated carbocycles. The van der Waals surface area contributed by atoms with E-state index < -0.39 is 0 Å². The summed E-state index contributed by atoms with van der Waals surface area (Å²) in [7, 11) is 0. The molecule has 0 spiro atoms. The van der Waals surface area contributed by atoms with Crippen molar-refractivity contribution in [3.63, 3.8) is 0 Å². The summed E-state index contributed by atoms with van der Waals surface area (Å²) in [6, 6.07) is 0. The zero-order valence-electron chi connectivity index (χ0n) is 3.39. The van der Waals surface area contributed by atoms with Crippen LogP contribution in [0.1, 0.15) is 0 Å². The zero-order valence-corrected chi connectivity index (χ0v) is 4.80. The van der Waals surface area contributed by atoms with Crippen molar-refractivity contribution in [1.29, 1.82) is 0 Å². The second-order valence-corrected chi connectivity index (χ2v) is 0. The molecule has 48 valence electrons. The average molecular weight is 126 g/mol. The largest absolute Gasteiger partial charge is 2.00 e. The van der Waals surface area contributed by atoms with Gasteiger partial charge in [0.15, 0.2) is 0 Å². The van der Waals surface area contributed by atoms with E-state index in [2.05, 4.69) is 0 Å². The Labute approximate surface area is 56.5 Å². The van der Waals surface area contributed by atoms with Gasteiger partial charge in [0.1, 0.15) is 0 Å². The van der Waals surface area contributed by atoms with E-state index in [0.29, 0.717) is 0 Å². The molecule has 0 rings (SSSR count). The molecular formula is H6MgO6-4. The van der Waals surface area contributed by atoms with Gasteiger partial charge < -0.3 is 32.9 Å². The van der Waals surface area contributed by atoms with Crippen LogP contribution >= 0.6 is 0 Å². The Kier molecular flexibility index (Phi) is 119000. The predicted octanol–water partition coefficient (Wildman–Crippen LogP) is -1.44. The van der Waals surface area contributed by atoms with E-state index in [1.54, 1.807) is 0 Å². The maximum absolute atomic E-state index is 0. The van der Waals surface area contributed by atoms with Crippen molar-refractivity contribution in [3.05, 3.63) is 0 Å². The monoisotopic (exact) mass is 126 g/mol. The van der Waals surface area contributed by atoms with Crippen LogP contribution in [-0.2, 0) is 0 Å². The Morgan fingerprint density at radius 1 is 0.286 bits per heavy atom. The molecular weight excluding hydrogens is 120 g/mol. The summed E-state index contributed by atoms with van der Waals surface area (Å²) in [5.41, 5.74) is 0. The second kappa shape index (κ2) is 720. The molecule has 0 saturated heterocycles. The SMILES string of the molecule is [Mg+2].[OH-].[OH-].[OH-].[OH-].[OH-].[OH-]. The Bertz CT molecular complexity index is 4.14. The first-order chi connectivity index (χ1) is 0. The normalized spacial score (nSPS) is 0. The van der Waals surface area contributed by atoms with Crippen molar-refractivity contribution in [3.8, 4) is 0 Å². The third kappa shape index (κ3) is 483. The van der Waals surface area contributed by atoms with Gasteiger partial charge in [0.05, 0.1) is 0 Å². The fourth-order valence-electron chi connectivity index (χ4n) is 0. The molecule has 0 atom stereocenters. The molecule has 7 heavy (non-hydrogen) atoms. The van der Waals surface area contributed by atoms with Gasteiger partial charge in [-0.05, 0) is 0 Å². The van der Waals surface area contributed by atoms with Crippen LogP contribution in [0.25, 0.3) is 0 Å². The standard InChI is InChI=1S/Mg.6H2O/h;6*1H2/q+2;;;;;;/p-6. The molecule has 0 aromatic carbocycles. The van der Waals surface area contributed by atoms with Gasteiger partial charge in [-0.3, -0.25) is 0 Å². The third-order valence-corrected chi connectivity index (χ3v) is 0. The van der Waals surface area contributed by atoms with Crippen LogP contribution in [0, 0.1) is 0 Å². The van der Waals surface area contributed by atoms with Crippen molar-refractivity contribution < 1.29 is 32.9 Å². The summed E-state index contributed by atoms with van der Waals surface area (Å²) in [4.78, 5) is 0. The summed E-state index contributed by atoms with van der Waals surface area (Å²) in [5, 5.41) is 0. The molecule has 0 aliphatic heterocycles. The molecule has 6 N–H and O–H groups in total. The molecule has 0 aromatic rings. The topological polar surface area (TPSA) is 180 Å². The first-order valence-corrected chi connectivity index (χ1v) is 0. The van der Waals surface area contributed by atoms with Crippen molar-refractivity contribution in [2.24, 2.45) is 0 Å². The zero-order chi connectivity index (χ0) is 0. The fraction of sp³-hybridized carbons (Fsp3) is 0. The summed E-state index contributed by atoms with van der Waals surface area (Å²) in [6.07, 6.45) is 0. The van der Waals surface area contributed by atoms with E-state index in [1.165, 1.54) is 0 Å². The van der Waals surface area contributed by atoms with Crippen LogP contribution in [0.3, 0.4) is 0 Å². The molecule has 0 heterocycles. The number of rotatable bonds is 0. The first kappa shape index (κ1) is 1160. The number of hydrogen-bond donors (Lipinski definition) is 0.